The Kier molecular flexibility index (Phi) is 3.77. The van der Waals surface area contributed by atoms with E-state index in [4.69, 9.17) is 4.74 Å². The second-order valence-corrected chi connectivity index (χ2v) is 2.82. The number of ether oxygens (including phenoxy) is 1. The highest BCUT2D eigenvalue weighted by Crippen LogP contribution is 2.11. The van der Waals surface area contributed by atoms with Gasteiger partial charge in [-0.1, -0.05) is 0 Å². The van der Waals surface area contributed by atoms with Crippen LogP contribution in [-0.2, 0) is 0 Å². The molecule has 0 aromatic heterocycles. The van der Waals surface area contributed by atoms with E-state index in [0.29, 0.717) is 5.56 Å². The molecule has 0 spiro atoms. The van der Waals surface area contributed by atoms with E-state index >= 15 is 0 Å². The average Bonchev–Trinajstić information content (AvgIpc) is 2.18. The van der Waals surface area contributed by atoms with Crippen LogP contribution in [0.4, 0.5) is 0 Å². The van der Waals surface area contributed by atoms with E-state index in [0.717, 1.165) is 5.75 Å². The van der Waals surface area contributed by atoms with Crippen molar-refractivity contribution in [1.82, 2.24) is 0 Å². The summed E-state index contributed by atoms with van der Waals surface area (Å²) < 4.78 is 7.49. The summed E-state index contributed by atoms with van der Waals surface area (Å²) >= 11 is 1.84. The Bertz CT molecular complexity index is 357. The molecule has 1 aromatic rings. The number of hydrogen-bond donors (Lipinski definition) is 0. The van der Waals surface area contributed by atoms with Crippen LogP contribution >= 0.6 is 22.6 Å². The van der Waals surface area contributed by atoms with Crippen molar-refractivity contribution in [2.75, 3.05) is 7.11 Å². The van der Waals surface area contributed by atoms with Crippen molar-refractivity contribution in [2.24, 2.45) is 0 Å². The number of benzene rings is 1. The highest BCUT2D eigenvalue weighted by molar-refractivity contribution is 14.1. The molecule has 3 heteroatoms. The Labute approximate surface area is 90.4 Å². The van der Waals surface area contributed by atoms with E-state index < -0.39 is 0 Å². The predicted octanol–water partition coefficient (Wildman–Crippen LogP) is 2.27. The predicted molar refractivity (Wildman–Crippen MR) is 59.1 cm³/mol. The first kappa shape index (κ1) is 10.1. The van der Waals surface area contributed by atoms with Gasteiger partial charge < -0.3 is 4.74 Å². The number of methoxy groups -OCH3 is 1. The molecule has 0 unspecified atom stereocenters. The maximum atomic E-state index is 11.2. The number of carbonyl (C=O) groups is 1. The summed E-state index contributed by atoms with van der Waals surface area (Å²) in [6.45, 7) is 0. The molecule has 1 rings (SSSR count). The van der Waals surface area contributed by atoms with E-state index in [-0.39, 0.29) is 5.78 Å². The van der Waals surface area contributed by atoms with Gasteiger partial charge in [0.2, 0.25) is 5.78 Å². The summed E-state index contributed by atoms with van der Waals surface area (Å²) in [6.07, 6.45) is 0. The van der Waals surface area contributed by atoms with Crippen LogP contribution in [0.5, 0.6) is 5.75 Å². The van der Waals surface area contributed by atoms with Gasteiger partial charge in [-0.3, -0.25) is 4.79 Å². The molecular weight excluding hydrogens is 279 g/mol. The third-order valence-corrected chi connectivity index (χ3v) is 1.78. The number of Topliss-reactive ketones (excluding diaryl/α,β-unsaturated/α-hetero) is 1. The molecule has 0 aliphatic carbocycles. The fraction of sp³-hybridized carbons (Fsp3) is 0.100. The smallest absolute Gasteiger partial charge is 0.236 e. The summed E-state index contributed by atoms with van der Waals surface area (Å²) in [4.78, 5) is 11.2. The molecule has 0 saturated heterocycles. The number of halogens is 1. The molecule has 0 heterocycles. The summed E-state index contributed by atoms with van der Waals surface area (Å²) in [5.41, 5.74) is 0.588. The molecule has 0 fully saturated rings. The third-order valence-electron chi connectivity index (χ3n) is 1.51. The standard InChI is InChI=1S/C10H7IO2/c1-13-9-4-2-8(3-5-9)10(12)6-7-11/h2-5H,1H3. The number of carbonyl (C=O) groups excluding carboxylic acids is 1. The van der Waals surface area contributed by atoms with Crippen molar-refractivity contribution in [2.45, 2.75) is 0 Å². The van der Waals surface area contributed by atoms with Crippen LogP contribution < -0.4 is 4.74 Å². The summed E-state index contributed by atoms with van der Waals surface area (Å²) in [5.74, 6) is 3.02. The van der Waals surface area contributed by atoms with Gasteiger partial charge in [0.25, 0.3) is 0 Å². The van der Waals surface area contributed by atoms with Crippen LogP contribution in [0.2, 0.25) is 0 Å². The van der Waals surface area contributed by atoms with Crippen LogP contribution in [0.3, 0.4) is 0 Å². The Morgan fingerprint density at radius 1 is 1.38 bits per heavy atom. The van der Waals surface area contributed by atoms with Crippen LogP contribution in [-0.4, -0.2) is 12.9 Å². The topological polar surface area (TPSA) is 26.3 Å². The van der Waals surface area contributed by atoms with E-state index in [1.165, 1.54) is 0 Å². The van der Waals surface area contributed by atoms with Crippen molar-refractivity contribution < 1.29 is 9.53 Å². The lowest BCUT2D eigenvalue weighted by Crippen LogP contribution is -1.94. The molecule has 0 saturated carbocycles. The van der Waals surface area contributed by atoms with Gasteiger partial charge >= 0.3 is 0 Å². The Balaban J connectivity index is 2.90. The first-order valence-corrected chi connectivity index (χ1v) is 4.66. The van der Waals surface area contributed by atoms with Gasteiger partial charge in [0, 0.05) is 28.2 Å². The monoisotopic (exact) mass is 286 g/mol. The number of rotatable bonds is 2. The van der Waals surface area contributed by atoms with E-state index in [1.807, 2.05) is 22.6 Å². The van der Waals surface area contributed by atoms with Gasteiger partial charge in [-0.25, -0.2) is 0 Å². The maximum Gasteiger partial charge on any atom is 0.236 e. The first-order valence-electron chi connectivity index (χ1n) is 3.58. The zero-order chi connectivity index (χ0) is 9.68. The highest BCUT2D eigenvalue weighted by atomic mass is 127. The van der Waals surface area contributed by atoms with E-state index in [2.05, 4.69) is 9.85 Å². The number of ketones is 1. The minimum Gasteiger partial charge on any atom is -0.497 e. The number of hydrogen-bond acceptors (Lipinski definition) is 2. The molecule has 0 aliphatic heterocycles. The highest BCUT2D eigenvalue weighted by Gasteiger charge is 2.00. The van der Waals surface area contributed by atoms with Crippen molar-refractivity contribution >= 4 is 28.4 Å². The van der Waals surface area contributed by atoms with Gasteiger partial charge in [0.15, 0.2) is 0 Å². The largest absolute Gasteiger partial charge is 0.497 e. The fourth-order valence-corrected chi connectivity index (χ4v) is 1.10. The van der Waals surface area contributed by atoms with Gasteiger partial charge in [-0.05, 0) is 34.1 Å². The molecule has 13 heavy (non-hydrogen) atoms. The van der Waals surface area contributed by atoms with Gasteiger partial charge in [0.05, 0.1) is 7.11 Å². The van der Waals surface area contributed by atoms with E-state index in [9.17, 15) is 4.79 Å². The van der Waals surface area contributed by atoms with Crippen LogP contribution in [0.15, 0.2) is 24.3 Å². The quantitative estimate of drug-likeness (QED) is 0.473. The van der Waals surface area contributed by atoms with Crippen molar-refractivity contribution in [1.29, 1.82) is 0 Å². The third kappa shape index (κ3) is 2.74. The second kappa shape index (κ2) is 4.87. The molecule has 0 aliphatic rings. The SMILES string of the molecule is COc1ccc(C(=O)C#CI)cc1. The van der Waals surface area contributed by atoms with Crippen molar-refractivity contribution in [3.63, 3.8) is 0 Å². The van der Waals surface area contributed by atoms with E-state index in [1.54, 1.807) is 31.4 Å². The van der Waals surface area contributed by atoms with Crippen LogP contribution in [0.25, 0.3) is 0 Å². The Morgan fingerprint density at radius 3 is 2.46 bits per heavy atom. The average molecular weight is 286 g/mol. The normalized spacial score (nSPS) is 8.46. The lowest BCUT2D eigenvalue weighted by atomic mass is 10.1. The molecule has 1 aromatic carbocycles. The summed E-state index contributed by atoms with van der Waals surface area (Å²) in [7, 11) is 1.58. The Hall–Kier alpha value is -1.02. The zero-order valence-corrected chi connectivity index (χ0v) is 9.16. The molecule has 66 valence electrons. The molecule has 0 amide bonds. The minimum absolute atomic E-state index is 0.169. The molecular formula is C10H7IO2. The minimum atomic E-state index is -0.169. The van der Waals surface area contributed by atoms with Crippen molar-refractivity contribution in [3.05, 3.63) is 29.8 Å². The molecule has 0 radical (unpaired) electrons. The molecule has 2 nitrogen and oxygen atoms in total. The van der Waals surface area contributed by atoms with Crippen LogP contribution in [0, 0.1) is 9.85 Å². The summed E-state index contributed by atoms with van der Waals surface area (Å²) in [6, 6.07) is 6.87. The van der Waals surface area contributed by atoms with Crippen LogP contribution in [0.1, 0.15) is 10.4 Å². The lowest BCUT2D eigenvalue weighted by molar-refractivity contribution is 0.105. The Morgan fingerprint density at radius 2 is 2.00 bits per heavy atom. The van der Waals surface area contributed by atoms with Gasteiger partial charge in [0.1, 0.15) is 5.75 Å². The zero-order valence-electron chi connectivity index (χ0n) is 7.00. The van der Waals surface area contributed by atoms with Crippen molar-refractivity contribution in [3.8, 4) is 15.6 Å². The maximum absolute atomic E-state index is 11.2. The fourth-order valence-electron chi connectivity index (χ4n) is 0.857. The summed E-state index contributed by atoms with van der Waals surface area (Å²) in [5, 5.41) is 0. The second-order valence-electron chi connectivity index (χ2n) is 2.28. The molecule has 0 atom stereocenters. The first-order chi connectivity index (χ1) is 6.27. The molecule has 0 N–H and O–H groups in total. The van der Waals surface area contributed by atoms with Gasteiger partial charge in [-0.15, -0.1) is 0 Å². The lowest BCUT2D eigenvalue weighted by Gasteiger charge is -1.98. The molecule has 0 bridgehead atoms. The van der Waals surface area contributed by atoms with Gasteiger partial charge in [-0.2, -0.15) is 0 Å².